The third kappa shape index (κ3) is 6.92. The van der Waals surface area contributed by atoms with Crippen molar-refractivity contribution in [1.29, 1.82) is 0 Å². The Morgan fingerprint density at radius 2 is 2.09 bits per heavy atom. The molecule has 1 heterocycles. The lowest BCUT2D eigenvalue weighted by atomic mass is 9.99. The van der Waals surface area contributed by atoms with E-state index in [0.717, 1.165) is 19.3 Å². The molecule has 6 heteroatoms. The van der Waals surface area contributed by atoms with Crippen LogP contribution < -0.4 is 0 Å². The van der Waals surface area contributed by atoms with Crippen LogP contribution in [-0.2, 0) is 24.0 Å². The van der Waals surface area contributed by atoms with Gasteiger partial charge in [-0.3, -0.25) is 4.79 Å². The van der Waals surface area contributed by atoms with Crippen LogP contribution in [0.5, 0.6) is 0 Å². The van der Waals surface area contributed by atoms with E-state index in [1.807, 2.05) is 0 Å². The van der Waals surface area contributed by atoms with Gasteiger partial charge in [-0.2, -0.15) is 0 Å². The second-order valence-electron chi connectivity index (χ2n) is 6.64. The third-order valence-corrected chi connectivity index (χ3v) is 4.43. The number of hydrogen-bond acceptors (Lipinski definition) is 5. The van der Waals surface area contributed by atoms with Crippen LogP contribution in [0.15, 0.2) is 0 Å². The Bertz CT molecular complexity index is 410. The smallest absolute Gasteiger partial charge is 0.308 e. The highest BCUT2D eigenvalue weighted by Crippen LogP contribution is 2.33. The molecule has 0 radical (unpaired) electrons. The van der Waals surface area contributed by atoms with Gasteiger partial charge >= 0.3 is 5.97 Å². The molecule has 1 aliphatic heterocycles. The van der Waals surface area contributed by atoms with E-state index >= 15 is 0 Å². The highest BCUT2D eigenvalue weighted by molar-refractivity contribution is 6.83. The van der Waals surface area contributed by atoms with Crippen molar-refractivity contribution in [2.75, 3.05) is 14.2 Å². The Kier molecular flexibility index (Phi) is 7.56. The quantitative estimate of drug-likeness (QED) is 0.247. The molecule has 0 amide bonds. The predicted molar refractivity (Wildman–Crippen MR) is 86.5 cm³/mol. The lowest BCUT2D eigenvalue weighted by Gasteiger charge is -2.37. The van der Waals surface area contributed by atoms with Gasteiger partial charge in [-0.1, -0.05) is 19.6 Å². The molecule has 0 aliphatic carbocycles. The van der Waals surface area contributed by atoms with Crippen molar-refractivity contribution < 1.29 is 24.0 Å². The molecule has 1 fully saturated rings. The summed E-state index contributed by atoms with van der Waals surface area (Å²) in [7, 11) is 1.70. The number of methoxy groups -OCH3 is 2. The Morgan fingerprint density at radius 3 is 2.59 bits per heavy atom. The van der Waals surface area contributed by atoms with Crippen LogP contribution in [0.25, 0.3) is 0 Å². The first-order valence-electron chi connectivity index (χ1n) is 7.77. The van der Waals surface area contributed by atoms with Crippen LogP contribution >= 0.6 is 0 Å². The third-order valence-electron chi connectivity index (χ3n) is 3.50. The summed E-state index contributed by atoms with van der Waals surface area (Å²) in [4.78, 5) is 22.0. The van der Waals surface area contributed by atoms with E-state index < -0.39 is 13.9 Å². The molecular weight excluding hydrogens is 300 g/mol. The molecule has 0 unspecified atom stereocenters. The van der Waals surface area contributed by atoms with Gasteiger partial charge in [0.2, 0.25) is 5.79 Å². The first-order chi connectivity index (χ1) is 10.3. The first-order valence-corrected chi connectivity index (χ1v) is 11.3. The van der Waals surface area contributed by atoms with Crippen LogP contribution in [0.4, 0.5) is 0 Å². The summed E-state index contributed by atoms with van der Waals surface area (Å²) in [6, 6.07) is 0. The molecule has 1 aliphatic rings. The van der Waals surface area contributed by atoms with Gasteiger partial charge in [0.05, 0.1) is 13.5 Å². The number of carbonyl (C=O) groups is 1. The number of rotatable bonds is 6. The molecule has 0 aromatic rings. The van der Waals surface area contributed by atoms with Crippen molar-refractivity contribution in [2.24, 2.45) is 0 Å². The summed E-state index contributed by atoms with van der Waals surface area (Å²) < 4.78 is 10.1. The zero-order chi connectivity index (χ0) is 16.6. The maximum atomic E-state index is 11.2. The molecule has 2 atom stereocenters. The SMILES string of the molecule is COC(=O)C[C@@H]1CC[C@](CCCC#C[Si](C)(C)C)(OC)OO1. The Balaban J connectivity index is 2.38. The average Bonchev–Trinajstić information content (AvgIpc) is 2.47. The molecule has 0 saturated carbocycles. The molecule has 1 saturated heterocycles. The van der Waals surface area contributed by atoms with Crippen LogP contribution in [0.2, 0.25) is 19.6 Å². The van der Waals surface area contributed by atoms with Crippen molar-refractivity contribution in [3.8, 4) is 11.5 Å². The minimum Gasteiger partial charge on any atom is -0.469 e. The topological polar surface area (TPSA) is 54.0 Å². The number of esters is 1. The molecule has 0 aromatic heterocycles. The molecule has 0 bridgehead atoms. The highest BCUT2D eigenvalue weighted by Gasteiger charge is 2.38. The molecule has 1 rings (SSSR count). The number of unbranched alkanes of at least 4 members (excludes halogenated alkanes) is 1. The van der Waals surface area contributed by atoms with E-state index in [1.54, 1.807) is 7.11 Å². The molecule has 0 aromatic carbocycles. The van der Waals surface area contributed by atoms with Gasteiger partial charge in [-0.15, -0.1) is 11.5 Å². The summed E-state index contributed by atoms with van der Waals surface area (Å²) in [6.45, 7) is 6.70. The van der Waals surface area contributed by atoms with Gasteiger partial charge in [0.25, 0.3) is 0 Å². The lowest BCUT2D eigenvalue weighted by molar-refractivity contribution is -0.466. The van der Waals surface area contributed by atoms with Crippen LogP contribution in [0.3, 0.4) is 0 Å². The van der Waals surface area contributed by atoms with E-state index in [2.05, 4.69) is 35.8 Å². The summed E-state index contributed by atoms with van der Waals surface area (Å²) in [5.74, 6) is 2.24. The Hall–Kier alpha value is -0.873. The summed E-state index contributed by atoms with van der Waals surface area (Å²) in [5.41, 5.74) is 3.35. The summed E-state index contributed by atoms with van der Waals surface area (Å²) >= 11 is 0. The standard InChI is InChI=1S/C16H28O5Si/c1-18-15(17)13-14-9-11-16(19-2,21-20-14)10-7-6-8-12-22(3,4)5/h14H,6-7,9-11,13H2,1-5H3/t14-,16+/m0/s1. The molecule has 5 nitrogen and oxygen atoms in total. The number of carbonyl (C=O) groups excluding carboxylic acids is 1. The normalized spacial score (nSPS) is 25.2. The van der Waals surface area contributed by atoms with Gasteiger partial charge in [0.1, 0.15) is 14.2 Å². The van der Waals surface area contributed by atoms with Gasteiger partial charge < -0.3 is 9.47 Å². The zero-order valence-corrected chi connectivity index (χ0v) is 15.4. The fourth-order valence-electron chi connectivity index (χ4n) is 2.21. The van der Waals surface area contributed by atoms with Crippen molar-refractivity contribution in [3.05, 3.63) is 0 Å². The van der Waals surface area contributed by atoms with E-state index in [9.17, 15) is 4.79 Å². The number of hydrogen-bond donors (Lipinski definition) is 0. The van der Waals surface area contributed by atoms with Gasteiger partial charge in [0, 0.05) is 26.4 Å². The monoisotopic (exact) mass is 328 g/mol. The maximum absolute atomic E-state index is 11.2. The van der Waals surface area contributed by atoms with Crippen LogP contribution in [-0.4, -0.2) is 40.2 Å². The molecule has 0 N–H and O–H groups in total. The van der Waals surface area contributed by atoms with Crippen molar-refractivity contribution in [2.45, 2.75) is 70.1 Å². The average molecular weight is 328 g/mol. The minimum absolute atomic E-state index is 0.206. The Morgan fingerprint density at radius 1 is 1.36 bits per heavy atom. The van der Waals surface area contributed by atoms with E-state index in [0.29, 0.717) is 12.8 Å². The van der Waals surface area contributed by atoms with Crippen LogP contribution in [0, 0.1) is 11.5 Å². The molecule has 22 heavy (non-hydrogen) atoms. The zero-order valence-electron chi connectivity index (χ0n) is 14.4. The van der Waals surface area contributed by atoms with Gasteiger partial charge in [-0.25, -0.2) is 9.78 Å². The minimum atomic E-state index is -1.29. The van der Waals surface area contributed by atoms with Crippen molar-refractivity contribution >= 4 is 14.0 Å². The van der Waals surface area contributed by atoms with Gasteiger partial charge in [0.15, 0.2) is 0 Å². The highest BCUT2D eigenvalue weighted by atomic mass is 28.3. The molecule has 0 spiro atoms. The van der Waals surface area contributed by atoms with E-state index in [1.165, 1.54) is 7.11 Å². The predicted octanol–water partition coefficient (Wildman–Crippen LogP) is 3.05. The second kappa shape index (κ2) is 8.68. The fourth-order valence-corrected chi connectivity index (χ4v) is 2.87. The summed E-state index contributed by atoms with van der Waals surface area (Å²) in [6.07, 6.45) is 3.83. The fraction of sp³-hybridized carbons (Fsp3) is 0.812. The van der Waals surface area contributed by atoms with E-state index in [-0.39, 0.29) is 18.5 Å². The maximum Gasteiger partial charge on any atom is 0.308 e. The van der Waals surface area contributed by atoms with Crippen molar-refractivity contribution in [1.82, 2.24) is 0 Å². The second-order valence-corrected chi connectivity index (χ2v) is 11.4. The molecule has 126 valence electrons. The number of ether oxygens (including phenoxy) is 2. The van der Waals surface area contributed by atoms with Crippen LogP contribution in [0.1, 0.15) is 38.5 Å². The first kappa shape index (κ1) is 19.2. The Labute approximate surface area is 134 Å². The lowest BCUT2D eigenvalue weighted by Crippen LogP contribution is -2.42. The van der Waals surface area contributed by atoms with E-state index in [4.69, 9.17) is 14.5 Å². The molecular formula is C16H28O5Si. The largest absolute Gasteiger partial charge is 0.469 e. The summed E-state index contributed by atoms with van der Waals surface area (Å²) in [5, 5.41) is 0. The van der Waals surface area contributed by atoms with Crippen molar-refractivity contribution in [3.63, 3.8) is 0 Å². The van der Waals surface area contributed by atoms with Gasteiger partial charge in [-0.05, 0) is 12.8 Å².